The summed E-state index contributed by atoms with van der Waals surface area (Å²) in [7, 11) is 0. The summed E-state index contributed by atoms with van der Waals surface area (Å²) >= 11 is 9.54. The molecule has 0 aromatic carbocycles. The Morgan fingerprint density at radius 1 is 1.59 bits per heavy atom. The first kappa shape index (κ1) is 12.5. The molecular weight excluding hydrogens is 304 g/mol. The fourth-order valence-corrected chi connectivity index (χ4v) is 2.47. The van der Waals surface area contributed by atoms with E-state index in [1.54, 1.807) is 24.5 Å². The van der Waals surface area contributed by atoms with Crippen molar-refractivity contribution in [3.8, 4) is 0 Å². The standard InChI is InChI=1S/C11H12BrClN4/c1-2-17-11(7(12)6-16-17)9(14)10-8(13)4-3-5-15-10/h3-6,9H,2,14H2,1H3. The van der Waals surface area contributed by atoms with Gasteiger partial charge in [-0.2, -0.15) is 5.10 Å². The lowest BCUT2D eigenvalue weighted by Crippen LogP contribution is -2.19. The molecule has 0 spiro atoms. The number of nitrogens with two attached hydrogens (primary N) is 1. The number of pyridine rings is 1. The van der Waals surface area contributed by atoms with Crippen LogP contribution in [0, 0.1) is 0 Å². The molecule has 6 heteroatoms. The van der Waals surface area contributed by atoms with E-state index in [0.29, 0.717) is 10.7 Å². The first-order chi connectivity index (χ1) is 8.15. The molecule has 0 radical (unpaired) electrons. The van der Waals surface area contributed by atoms with E-state index < -0.39 is 0 Å². The molecule has 0 fully saturated rings. The van der Waals surface area contributed by atoms with Gasteiger partial charge in [0, 0.05) is 12.7 Å². The van der Waals surface area contributed by atoms with Crippen LogP contribution in [0.3, 0.4) is 0 Å². The van der Waals surface area contributed by atoms with Gasteiger partial charge in [0.15, 0.2) is 0 Å². The lowest BCUT2D eigenvalue weighted by atomic mass is 10.1. The molecule has 1 unspecified atom stereocenters. The Balaban J connectivity index is 2.47. The minimum Gasteiger partial charge on any atom is -0.318 e. The largest absolute Gasteiger partial charge is 0.318 e. The van der Waals surface area contributed by atoms with Crippen molar-refractivity contribution >= 4 is 27.5 Å². The van der Waals surface area contributed by atoms with E-state index in [0.717, 1.165) is 16.7 Å². The van der Waals surface area contributed by atoms with Gasteiger partial charge in [0.2, 0.25) is 0 Å². The molecule has 90 valence electrons. The molecule has 2 N–H and O–H groups in total. The second-order valence-corrected chi connectivity index (χ2v) is 4.80. The summed E-state index contributed by atoms with van der Waals surface area (Å²) in [5.41, 5.74) is 7.74. The third kappa shape index (κ3) is 2.36. The van der Waals surface area contributed by atoms with Crippen LogP contribution in [0.2, 0.25) is 5.02 Å². The summed E-state index contributed by atoms with van der Waals surface area (Å²) in [6.45, 7) is 2.76. The highest BCUT2D eigenvalue weighted by molar-refractivity contribution is 9.10. The number of nitrogens with zero attached hydrogens (tertiary/aromatic N) is 3. The zero-order chi connectivity index (χ0) is 12.4. The molecule has 0 amide bonds. The Morgan fingerprint density at radius 3 is 3.00 bits per heavy atom. The highest BCUT2D eigenvalue weighted by atomic mass is 79.9. The number of hydrogen-bond acceptors (Lipinski definition) is 3. The van der Waals surface area contributed by atoms with Crippen LogP contribution in [0.5, 0.6) is 0 Å². The van der Waals surface area contributed by atoms with Crippen molar-refractivity contribution in [1.82, 2.24) is 14.8 Å². The van der Waals surface area contributed by atoms with Crippen molar-refractivity contribution in [2.45, 2.75) is 19.5 Å². The fraction of sp³-hybridized carbons (Fsp3) is 0.273. The Kier molecular flexibility index (Phi) is 3.81. The number of rotatable bonds is 3. The summed E-state index contributed by atoms with van der Waals surface area (Å²) in [6, 6.07) is 3.18. The van der Waals surface area contributed by atoms with E-state index in [2.05, 4.69) is 26.0 Å². The third-order valence-corrected chi connectivity index (χ3v) is 3.44. The Hall–Kier alpha value is -0.910. The predicted molar refractivity (Wildman–Crippen MR) is 70.9 cm³/mol. The van der Waals surface area contributed by atoms with E-state index in [1.165, 1.54) is 0 Å². The van der Waals surface area contributed by atoms with Gasteiger partial charge in [-0.3, -0.25) is 9.67 Å². The maximum Gasteiger partial charge on any atom is 0.0923 e. The topological polar surface area (TPSA) is 56.7 Å². The molecule has 0 saturated heterocycles. The summed E-state index contributed by atoms with van der Waals surface area (Å²) < 4.78 is 2.70. The summed E-state index contributed by atoms with van der Waals surface area (Å²) in [6.07, 6.45) is 3.41. The lowest BCUT2D eigenvalue weighted by Gasteiger charge is -2.14. The van der Waals surface area contributed by atoms with E-state index >= 15 is 0 Å². The zero-order valence-electron chi connectivity index (χ0n) is 9.27. The summed E-state index contributed by atoms with van der Waals surface area (Å²) in [4.78, 5) is 4.23. The van der Waals surface area contributed by atoms with Gasteiger partial charge in [-0.1, -0.05) is 11.6 Å². The van der Waals surface area contributed by atoms with Crippen LogP contribution in [-0.4, -0.2) is 14.8 Å². The van der Waals surface area contributed by atoms with Gasteiger partial charge in [-0.05, 0) is 35.0 Å². The van der Waals surface area contributed by atoms with Gasteiger partial charge in [-0.15, -0.1) is 0 Å². The number of halogens is 2. The maximum atomic E-state index is 6.20. The van der Waals surface area contributed by atoms with Gasteiger partial charge in [0.25, 0.3) is 0 Å². The highest BCUT2D eigenvalue weighted by Gasteiger charge is 2.20. The average molecular weight is 316 g/mol. The van der Waals surface area contributed by atoms with Gasteiger partial charge >= 0.3 is 0 Å². The van der Waals surface area contributed by atoms with Crippen LogP contribution < -0.4 is 5.73 Å². The fourth-order valence-electron chi connectivity index (χ4n) is 1.69. The number of aryl methyl sites for hydroxylation is 1. The third-order valence-electron chi connectivity index (χ3n) is 2.51. The SMILES string of the molecule is CCn1ncc(Br)c1C(N)c1ncccc1Cl. The number of hydrogen-bond donors (Lipinski definition) is 1. The molecular formula is C11H12BrClN4. The zero-order valence-corrected chi connectivity index (χ0v) is 11.6. The summed E-state index contributed by atoms with van der Waals surface area (Å²) in [5, 5.41) is 4.79. The van der Waals surface area contributed by atoms with Crippen molar-refractivity contribution in [3.05, 3.63) is 45.4 Å². The molecule has 2 heterocycles. The number of aromatic nitrogens is 3. The van der Waals surface area contributed by atoms with Crippen LogP contribution >= 0.6 is 27.5 Å². The molecule has 0 bridgehead atoms. The lowest BCUT2D eigenvalue weighted by molar-refractivity contribution is 0.595. The molecule has 0 aliphatic heterocycles. The average Bonchev–Trinajstić information content (AvgIpc) is 2.70. The van der Waals surface area contributed by atoms with Crippen LogP contribution in [0.1, 0.15) is 24.4 Å². The first-order valence-corrected chi connectivity index (χ1v) is 6.39. The predicted octanol–water partition coefficient (Wildman–Crippen LogP) is 2.76. The first-order valence-electron chi connectivity index (χ1n) is 5.22. The van der Waals surface area contributed by atoms with Gasteiger partial charge in [-0.25, -0.2) is 0 Å². The van der Waals surface area contributed by atoms with E-state index in [4.69, 9.17) is 17.3 Å². The normalized spacial score (nSPS) is 12.7. The quantitative estimate of drug-likeness (QED) is 0.947. The smallest absolute Gasteiger partial charge is 0.0923 e. The van der Waals surface area contributed by atoms with Crippen molar-refractivity contribution in [2.24, 2.45) is 5.73 Å². The van der Waals surface area contributed by atoms with E-state index in [9.17, 15) is 0 Å². The molecule has 1 atom stereocenters. The van der Waals surface area contributed by atoms with Crippen molar-refractivity contribution in [1.29, 1.82) is 0 Å². The van der Waals surface area contributed by atoms with Gasteiger partial charge in [0.1, 0.15) is 0 Å². The maximum absolute atomic E-state index is 6.20. The monoisotopic (exact) mass is 314 g/mol. The van der Waals surface area contributed by atoms with Crippen molar-refractivity contribution < 1.29 is 0 Å². The van der Waals surface area contributed by atoms with Crippen LogP contribution in [-0.2, 0) is 6.54 Å². The van der Waals surface area contributed by atoms with Crippen LogP contribution in [0.4, 0.5) is 0 Å². The molecule has 0 aliphatic carbocycles. The Bertz CT molecular complexity index is 526. The molecule has 2 aromatic heterocycles. The van der Waals surface area contributed by atoms with Gasteiger partial charge in [0.05, 0.1) is 33.1 Å². The second-order valence-electron chi connectivity index (χ2n) is 3.54. The second kappa shape index (κ2) is 5.16. The minimum absolute atomic E-state index is 0.388. The molecule has 2 aromatic rings. The molecule has 0 aliphatic rings. The van der Waals surface area contributed by atoms with Crippen LogP contribution in [0.25, 0.3) is 0 Å². The summed E-state index contributed by atoms with van der Waals surface area (Å²) in [5.74, 6) is 0. The molecule has 4 nitrogen and oxygen atoms in total. The molecule has 2 rings (SSSR count). The van der Waals surface area contributed by atoms with E-state index in [-0.39, 0.29) is 6.04 Å². The van der Waals surface area contributed by atoms with E-state index in [1.807, 2.05) is 11.6 Å². The Labute approximate surface area is 113 Å². The van der Waals surface area contributed by atoms with Gasteiger partial charge < -0.3 is 5.73 Å². The van der Waals surface area contributed by atoms with Crippen molar-refractivity contribution in [2.75, 3.05) is 0 Å². The minimum atomic E-state index is -0.388. The Morgan fingerprint density at radius 2 is 2.35 bits per heavy atom. The molecule has 17 heavy (non-hydrogen) atoms. The van der Waals surface area contributed by atoms with Crippen LogP contribution in [0.15, 0.2) is 29.0 Å². The highest BCUT2D eigenvalue weighted by Crippen LogP contribution is 2.29. The molecule has 0 saturated carbocycles. The van der Waals surface area contributed by atoms with Crippen molar-refractivity contribution in [3.63, 3.8) is 0 Å².